The van der Waals surface area contributed by atoms with Crippen LogP contribution in [0.4, 0.5) is 4.39 Å². The monoisotopic (exact) mass is 478 g/mol. The number of ether oxygens (including phenoxy) is 1. The molecule has 1 aromatic heterocycles. The van der Waals surface area contributed by atoms with Crippen LogP contribution in [0.25, 0.3) is 11.1 Å². The summed E-state index contributed by atoms with van der Waals surface area (Å²) < 4.78 is 20.0. The molecule has 4 N–H and O–H groups in total. The molecule has 1 saturated carbocycles. The molecule has 0 spiro atoms. The molecule has 0 unspecified atom stereocenters. The number of nitrogens with two attached hydrogens (primary N) is 1. The van der Waals surface area contributed by atoms with Crippen molar-refractivity contribution in [1.82, 2.24) is 15.2 Å². The minimum Gasteiger partial charge on any atom is -0.508 e. The van der Waals surface area contributed by atoms with E-state index in [0.717, 1.165) is 54.6 Å². The Balaban J connectivity index is 1.58. The number of nitrogens with zero attached hydrogens (tertiary/aromatic N) is 2. The van der Waals surface area contributed by atoms with Crippen molar-refractivity contribution in [2.24, 2.45) is 5.73 Å². The number of phenolic OH excluding ortho intramolecular Hbond substituents is 1. The van der Waals surface area contributed by atoms with Crippen LogP contribution in [0.2, 0.25) is 0 Å². The molecule has 8 heteroatoms. The first kappa shape index (κ1) is 24.6. The van der Waals surface area contributed by atoms with E-state index in [2.05, 4.69) is 10.3 Å². The summed E-state index contributed by atoms with van der Waals surface area (Å²) in [5.41, 5.74) is 8.79. The molecule has 0 aliphatic heterocycles. The summed E-state index contributed by atoms with van der Waals surface area (Å²) >= 11 is 0. The molecule has 2 aromatic carbocycles. The van der Waals surface area contributed by atoms with Crippen molar-refractivity contribution in [2.75, 3.05) is 14.1 Å². The largest absolute Gasteiger partial charge is 0.508 e. The smallest absolute Gasteiger partial charge is 0.257 e. The zero-order valence-electron chi connectivity index (χ0n) is 20.0. The van der Waals surface area contributed by atoms with Crippen molar-refractivity contribution in [2.45, 2.75) is 44.3 Å². The first-order valence-corrected chi connectivity index (χ1v) is 11.8. The minimum absolute atomic E-state index is 0.00800. The molecular weight excluding hydrogens is 447 g/mol. The summed E-state index contributed by atoms with van der Waals surface area (Å²) in [6.07, 6.45) is 4.29. The molecular formula is C27H31FN4O3. The number of aromatic hydroxyl groups is 1. The van der Waals surface area contributed by atoms with E-state index in [1.165, 1.54) is 0 Å². The molecule has 1 aliphatic carbocycles. The molecule has 0 atom stereocenters. The van der Waals surface area contributed by atoms with Gasteiger partial charge in [0.25, 0.3) is 5.91 Å². The molecule has 1 aliphatic rings. The molecule has 0 radical (unpaired) electrons. The van der Waals surface area contributed by atoms with Crippen LogP contribution in [-0.2, 0) is 6.54 Å². The Morgan fingerprint density at radius 3 is 2.69 bits per heavy atom. The molecule has 184 valence electrons. The Morgan fingerprint density at radius 1 is 1.17 bits per heavy atom. The standard InChI is InChI=1S/C27H31FN4O3/c1-32(2)16-18-12-22(33)10-11-24(18)17-4-3-5-23(13-17)35-27-25(14-19(28)15-30-27)26(34)31-21-8-6-20(29)7-9-21/h3-5,10-15,20-21,33H,6-9,16,29H2,1-2H3,(H,31,34)/t20-,21-. The van der Waals surface area contributed by atoms with Crippen LogP contribution < -0.4 is 15.8 Å². The van der Waals surface area contributed by atoms with E-state index < -0.39 is 11.7 Å². The van der Waals surface area contributed by atoms with Gasteiger partial charge in [0.05, 0.1) is 6.20 Å². The van der Waals surface area contributed by atoms with Gasteiger partial charge in [-0.1, -0.05) is 18.2 Å². The number of rotatable bonds is 7. The zero-order valence-corrected chi connectivity index (χ0v) is 20.0. The molecule has 3 aromatic rings. The molecule has 0 saturated heterocycles. The minimum atomic E-state index is -0.612. The highest BCUT2D eigenvalue weighted by molar-refractivity contribution is 5.96. The van der Waals surface area contributed by atoms with E-state index in [0.29, 0.717) is 12.3 Å². The lowest BCUT2D eigenvalue weighted by molar-refractivity contribution is 0.0922. The average molecular weight is 479 g/mol. The SMILES string of the molecule is CN(C)Cc1cc(O)ccc1-c1cccc(Oc2ncc(F)cc2C(=O)N[C@H]2CC[C@H](N)CC2)c1. The van der Waals surface area contributed by atoms with Crippen molar-refractivity contribution in [3.63, 3.8) is 0 Å². The van der Waals surface area contributed by atoms with Gasteiger partial charge in [0.2, 0.25) is 5.88 Å². The van der Waals surface area contributed by atoms with E-state index in [4.69, 9.17) is 10.5 Å². The number of nitrogens with one attached hydrogen (secondary N) is 1. The Labute approximate surface area is 204 Å². The van der Waals surface area contributed by atoms with E-state index >= 15 is 0 Å². The molecule has 7 nitrogen and oxygen atoms in total. The predicted molar refractivity (Wildman–Crippen MR) is 133 cm³/mol. The highest BCUT2D eigenvalue weighted by Gasteiger charge is 2.23. The van der Waals surface area contributed by atoms with Crippen LogP contribution in [0.3, 0.4) is 0 Å². The first-order chi connectivity index (χ1) is 16.8. The Hall–Kier alpha value is -3.49. The Kier molecular flexibility index (Phi) is 7.63. The van der Waals surface area contributed by atoms with Gasteiger partial charge in [-0.3, -0.25) is 4.79 Å². The number of benzene rings is 2. The fourth-order valence-corrected chi connectivity index (χ4v) is 4.37. The van der Waals surface area contributed by atoms with Gasteiger partial charge < -0.3 is 25.8 Å². The topological polar surface area (TPSA) is 101 Å². The highest BCUT2D eigenvalue weighted by Crippen LogP contribution is 2.32. The molecule has 4 rings (SSSR count). The molecule has 1 amide bonds. The Bertz CT molecular complexity index is 1190. The number of carbonyl (C=O) groups excluding carboxylic acids is 1. The lowest BCUT2D eigenvalue weighted by atomic mass is 9.91. The lowest BCUT2D eigenvalue weighted by Gasteiger charge is -2.27. The van der Waals surface area contributed by atoms with E-state index in [9.17, 15) is 14.3 Å². The van der Waals surface area contributed by atoms with Crippen LogP contribution in [0.15, 0.2) is 54.7 Å². The third-order valence-corrected chi connectivity index (χ3v) is 6.10. The second-order valence-electron chi connectivity index (χ2n) is 9.30. The summed E-state index contributed by atoms with van der Waals surface area (Å²) in [6, 6.07) is 13.9. The fraction of sp³-hybridized carbons (Fsp3) is 0.333. The second kappa shape index (κ2) is 10.8. The molecule has 1 heterocycles. The lowest BCUT2D eigenvalue weighted by Crippen LogP contribution is -2.40. The molecule has 1 fully saturated rings. The maximum absolute atomic E-state index is 14.0. The predicted octanol–water partition coefficient (Wildman–Crippen LogP) is 4.45. The van der Waals surface area contributed by atoms with Crippen LogP contribution in [0.1, 0.15) is 41.6 Å². The van der Waals surface area contributed by atoms with Crippen LogP contribution in [-0.4, -0.2) is 47.1 Å². The normalized spacial score (nSPS) is 17.9. The number of pyridine rings is 1. The summed E-state index contributed by atoms with van der Waals surface area (Å²) in [6.45, 7) is 0.644. The van der Waals surface area contributed by atoms with Gasteiger partial charge in [-0.05, 0) is 86.8 Å². The third-order valence-electron chi connectivity index (χ3n) is 6.10. The van der Waals surface area contributed by atoms with Gasteiger partial charge in [0.1, 0.15) is 22.9 Å². The van der Waals surface area contributed by atoms with Gasteiger partial charge in [0, 0.05) is 18.6 Å². The van der Waals surface area contributed by atoms with Crippen molar-refractivity contribution in [1.29, 1.82) is 0 Å². The van der Waals surface area contributed by atoms with Gasteiger partial charge in [-0.2, -0.15) is 0 Å². The number of aromatic nitrogens is 1. The highest BCUT2D eigenvalue weighted by atomic mass is 19.1. The van der Waals surface area contributed by atoms with Crippen molar-refractivity contribution in [3.8, 4) is 28.5 Å². The van der Waals surface area contributed by atoms with Crippen molar-refractivity contribution < 1.29 is 19.0 Å². The number of amides is 1. The average Bonchev–Trinajstić information content (AvgIpc) is 2.81. The van der Waals surface area contributed by atoms with E-state index in [1.54, 1.807) is 18.2 Å². The maximum atomic E-state index is 14.0. The van der Waals surface area contributed by atoms with Crippen LogP contribution >= 0.6 is 0 Å². The van der Waals surface area contributed by atoms with Crippen LogP contribution in [0.5, 0.6) is 17.4 Å². The Morgan fingerprint density at radius 2 is 1.94 bits per heavy atom. The number of hydrogen-bond acceptors (Lipinski definition) is 6. The van der Waals surface area contributed by atoms with Crippen molar-refractivity contribution >= 4 is 5.91 Å². The first-order valence-electron chi connectivity index (χ1n) is 11.8. The summed E-state index contributed by atoms with van der Waals surface area (Å²) in [7, 11) is 3.92. The third kappa shape index (κ3) is 6.35. The maximum Gasteiger partial charge on any atom is 0.257 e. The second-order valence-corrected chi connectivity index (χ2v) is 9.30. The molecule has 0 bridgehead atoms. The van der Waals surface area contributed by atoms with Gasteiger partial charge in [0.15, 0.2) is 0 Å². The van der Waals surface area contributed by atoms with E-state index in [1.807, 2.05) is 43.3 Å². The number of halogens is 1. The summed E-state index contributed by atoms with van der Waals surface area (Å²) in [4.78, 5) is 19.0. The summed E-state index contributed by atoms with van der Waals surface area (Å²) in [5, 5.41) is 12.9. The number of phenols is 1. The zero-order chi connectivity index (χ0) is 24.9. The van der Waals surface area contributed by atoms with Gasteiger partial charge >= 0.3 is 0 Å². The van der Waals surface area contributed by atoms with Gasteiger partial charge in [-0.15, -0.1) is 0 Å². The quantitative estimate of drug-likeness (QED) is 0.464. The molecule has 35 heavy (non-hydrogen) atoms. The number of hydrogen-bond donors (Lipinski definition) is 3. The van der Waals surface area contributed by atoms with Gasteiger partial charge in [-0.25, -0.2) is 9.37 Å². The van der Waals surface area contributed by atoms with Crippen LogP contribution in [0, 0.1) is 5.82 Å². The van der Waals surface area contributed by atoms with Crippen molar-refractivity contribution in [3.05, 3.63) is 71.7 Å². The van der Waals surface area contributed by atoms with E-state index in [-0.39, 0.29) is 29.3 Å². The summed E-state index contributed by atoms with van der Waals surface area (Å²) in [5.74, 6) is -0.338. The fourth-order valence-electron chi connectivity index (χ4n) is 4.37. The number of carbonyl (C=O) groups is 1.